The minimum absolute atomic E-state index is 0.0528. The molecule has 1 aromatic rings. The lowest BCUT2D eigenvalue weighted by atomic mass is 10.0. The molecule has 25 heavy (non-hydrogen) atoms. The first-order valence-corrected chi connectivity index (χ1v) is 11.4. The monoisotopic (exact) mass is 380 g/mol. The van der Waals surface area contributed by atoms with Gasteiger partial charge in [-0.15, -0.1) is 0 Å². The Morgan fingerprint density at radius 3 is 2.56 bits per heavy atom. The van der Waals surface area contributed by atoms with Crippen LogP contribution in [0.2, 0.25) is 0 Å². The average molecular weight is 381 g/mol. The standard InChI is InChI=1S/C18H24N2O3S2/c1-4-5-17(21)19-18-20(14-8-6-13(7-9-14)12(2)3)15-10-25(22,23)11-16(15)24-18/h6-9,12,15-16H,4-5,10-11H2,1-3H3. The molecule has 0 spiro atoms. The second-order valence-corrected chi connectivity index (χ2v) is 10.3. The molecule has 3 rings (SSSR count). The number of aliphatic imine (C=N–C) groups is 1. The van der Waals surface area contributed by atoms with Crippen LogP contribution in [-0.4, -0.2) is 42.3 Å². The minimum Gasteiger partial charge on any atom is -0.316 e. The van der Waals surface area contributed by atoms with Gasteiger partial charge >= 0.3 is 0 Å². The molecule has 0 aliphatic carbocycles. The topological polar surface area (TPSA) is 66.8 Å². The molecule has 2 aliphatic heterocycles. The van der Waals surface area contributed by atoms with Crippen molar-refractivity contribution in [1.29, 1.82) is 0 Å². The number of thioether (sulfide) groups is 1. The molecule has 1 aromatic carbocycles. The summed E-state index contributed by atoms with van der Waals surface area (Å²) in [6, 6.07) is 7.99. The molecule has 5 nitrogen and oxygen atoms in total. The lowest BCUT2D eigenvalue weighted by Crippen LogP contribution is -2.37. The van der Waals surface area contributed by atoms with Gasteiger partial charge in [0, 0.05) is 17.4 Å². The number of nitrogens with zero attached hydrogens (tertiary/aromatic N) is 2. The summed E-state index contributed by atoms with van der Waals surface area (Å²) in [5, 5.41) is 0.587. The number of carbonyl (C=O) groups is 1. The molecule has 2 aliphatic rings. The first-order chi connectivity index (χ1) is 11.8. The van der Waals surface area contributed by atoms with Crippen molar-refractivity contribution in [3.63, 3.8) is 0 Å². The van der Waals surface area contributed by atoms with Crippen molar-refractivity contribution in [2.75, 3.05) is 16.4 Å². The van der Waals surface area contributed by atoms with E-state index in [1.165, 1.54) is 17.3 Å². The van der Waals surface area contributed by atoms with E-state index in [0.717, 1.165) is 12.1 Å². The Labute approximate surface area is 153 Å². The van der Waals surface area contributed by atoms with Crippen molar-refractivity contribution in [2.24, 2.45) is 4.99 Å². The van der Waals surface area contributed by atoms with Gasteiger partial charge in [-0.05, 0) is 30.0 Å². The van der Waals surface area contributed by atoms with Gasteiger partial charge < -0.3 is 4.90 Å². The van der Waals surface area contributed by atoms with Crippen LogP contribution in [0, 0.1) is 0 Å². The molecule has 2 fully saturated rings. The molecule has 2 unspecified atom stereocenters. The lowest BCUT2D eigenvalue weighted by molar-refractivity contribution is -0.117. The fraction of sp³-hybridized carbons (Fsp3) is 0.556. The van der Waals surface area contributed by atoms with Gasteiger partial charge in [0.2, 0.25) is 5.91 Å². The molecule has 2 atom stereocenters. The van der Waals surface area contributed by atoms with E-state index in [-0.39, 0.29) is 28.7 Å². The van der Waals surface area contributed by atoms with E-state index < -0.39 is 9.84 Å². The van der Waals surface area contributed by atoms with Crippen LogP contribution in [-0.2, 0) is 14.6 Å². The molecule has 0 N–H and O–H groups in total. The fourth-order valence-corrected chi connectivity index (χ4v) is 7.19. The normalized spacial score (nSPS) is 26.4. The van der Waals surface area contributed by atoms with Gasteiger partial charge in [0.25, 0.3) is 0 Å². The summed E-state index contributed by atoms with van der Waals surface area (Å²) in [4.78, 5) is 18.3. The number of amidine groups is 1. The maximum absolute atomic E-state index is 12.0. The van der Waals surface area contributed by atoms with Crippen LogP contribution in [0.1, 0.15) is 45.1 Å². The van der Waals surface area contributed by atoms with E-state index in [0.29, 0.717) is 17.5 Å². The van der Waals surface area contributed by atoms with Crippen LogP contribution in [0.15, 0.2) is 29.3 Å². The summed E-state index contributed by atoms with van der Waals surface area (Å²) in [5.74, 6) is 0.569. The molecule has 7 heteroatoms. The predicted octanol–water partition coefficient (Wildman–Crippen LogP) is 3.21. The average Bonchev–Trinajstić information content (AvgIpc) is 2.98. The summed E-state index contributed by atoms with van der Waals surface area (Å²) in [7, 11) is -3.03. The number of anilines is 1. The molecule has 0 bridgehead atoms. The van der Waals surface area contributed by atoms with E-state index in [9.17, 15) is 13.2 Å². The highest BCUT2D eigenvalue weighted by Crippen LogP contribution is 2.41. The summed E-state index contributed by atoms with van der Waals surface area (Å²) in [5.41, 5.74) is 2.14. The van der Waals surface area contributed by atoms with Gasteiger partial charge in [-0.2, -0.15) is 4.99 Å². The Morgan fingerprint density at radius 2 is 1.96 bits per heavy atom. The third kappa shape index (κ3) is 3.92. The highest BCUT2D eigenvalue weighted by atomic mass is 32.2. The molecule has 0 radical (unpaired) electrons. The van der Waals surface area contributed by atoms with E-state index in [4.69, 9.17) is 0 Å². The van der Waals surface area contributed by atoms with E-state index in [1.54, 1.807) is 0 Å². The van der Waals surface area contributed by atoms with Gasteiger partial charge in [-0.3, -0.25) is 4.79 Å². The van der Waals surface area contributed by atoms with Crippen LogP contribution in [0.25, 0.3) is 0 Å². The van der Waals surface area contributed by atoms with Crippen molar-refractivity contribution in [2.45, 2.75) is 50.8 Å². The Kier molecular flexibility index (Phi) is 5.25. The van der Waals surface area contributed by atoms with Crippen molar-refractivity contribution >= 4 is 38.4 Å². The van der Waals surface area contributed by atoms with E-state index >= 15 is 0 Å². The van der Waals surface area contributed by atoms with Crippen molar-refractivity contribution in [1.82, 2.24) is 0 Å². The Morgan fingerprint density at radius 1 is 1.28 bits per heavy atom. The SMILES string of the molecule is CCCC(=O)N=C1SC2CS(=O)(=O)CC2N1c1ccc(C(C)C)cc1. The summed E-state index contributed by atoms with van der Waals surface area (Å²) in [6.07, 6.45) is 1.17. The number of hydrogen-bond donors (Lipinski definition) is 0. The summed E-state index contributed by atoms with van der Waals surface area (Å²) < 4.78 is 24.1. The molecular formula is C18H24N2O3S2. The lowest BCUT2D eigenvalue weighted by Gasteiger charge is -2.25. The molecular weight excluding hydrogens is 356 g/mol. The van der Waals surface area contributed by atoms with Crippen LogP contribution in [0.4, 0.5) is 5.69 Å². The third-order valence-corrected chi connectivity index (χ3v) is 7.80. The van der Waals surface area contributed by atoms with Gasteiger partial charge in [0.1, 0.15) is 0 Å². The Balaban J connectivity index is 1.96. The van der Waals surface area contributed by atoms with Gasteiger partial charge in [-0.25, -0.2) is 8.42 Å². The Hall–Kier alpha value is -1.34. The molecule has 0 saturated carbocycles. The van der Waals surface area contributed by atoms with Crippen molar-refractivity contribution in [3.05, 3.63) is 29.8 Å². The molecule has 136 valence electrons. The molecule has 1 amide bonds. The largest absolute Gasteiger partial charge is 0.316 e. The second kappa shape index (κ2) is 7.11. The first-order valence-electron chi connectivity index (χ1n) is 8.68. The van der Waals surface area contributed by atoms with E-state index in [1.807, 2.05) is 24.0 Å². The highest BCUT2D eigenvalue weighted by Gasteiger charge is 2.49. The second-order valence-electron chi connectivity index (χ2n) is 6.95. The van der Waals surface area contributed by atoms with Crippen LogP contribution >= 0.6 is 11.8 Å². The highest BCUT2D eigenvalue weighted by molar-refractivity contribution is 8.16. The Bertz CT molecular complexity index is 785. The van der Waals surface area contributed by atoms with Gasteiger partial charge in [0.15, 0.2) is 15.0 Å². The summed E-state index contributed by atoms with van der Waals surface area (Å²) in [6.45, 7) is 6.22. The first kappa shape index (κ1) is 18.5. The number of amides is 1. The quantitative estimate of drug-likeness (QED) is 0.802. The number of sulfone groups is 1. The number of fused-ring (bicyclic) bond motifs is 1. The smallest absolute Gasteiger partial charge is 0.248 e. The maximum Gasteiger partial charge on any atom is 0.248 e. The number of carbonyl (C=O) groups excluding carboxylic acids is 1. The predicted molar refractivity (Wildman–Crippen MR) is 104 cm³/mol. The summed E-state index contributed by atoms with van der Waals surface area (Å²) >= 11 is 1.43. The van der Waals surface area contributed by atoms with Gasteiger partial charge in [-0.1, -0.05) is 44.7 Å². The van der Waals surface area contributed by atoms with Crippen molar-refractivity contribution in [3.8, 4) is 0 Å². The molecule has 2 heterocycles. The minimum atomic E-state index is -3.03. The maximum atomic E-state index is 12.0. The zero-order valence-corrected chi connectivity index (χ0v) is 16.4. The van der Waals surface area contributed by atoms with Crippen LogP contribution < -0.4 is 4.90 Å². The van der Waals surface area contributed by atoms with Crippen LogP contribution in [0.3, 0.4) is 0 Å². The molecule has 0 aromatic heterocycles. The third-order valence-electron chi connectivity index (χ3n) is 4.59. The zero-order valence-electron chi connectivity index (χ0n) is 14.8. The number of hydrogen-bond acceptors (Lipinski definition) is 4. The fourth-order valence-electron chi connectivity index (χ4n) is 3.26. The van der Waals surface area contributed by atoms with Gasteiger partial charge in [0.05, 0.1) is 17.5 Å². The molecule has 2 saturated heterocycles. The van der Waals surface area contributed by atoms with E-state index in [2.05, 4.69) is 31.0 Å². The number of rotatable bonds is 4. The van der Waals surface area contributed by atoms with Crippen LogP contribution in [0.5, 0.6) is 0 Å². The van der Waals surface area contributed by atoms with Crippen molar-refractivity contribution < 1.29 is 13.2 Å². The number of benzene rings is 1. The zero-order chi connectivity index (χ0) is 18.2.